The molecule has 0 unspecified atom stereocenters. The molecule has 59 heavy (non-hydrogen) atoms. The quantitative estimate of drug-likeness (QED) is 0.151. The van der Waals surface area contributed by atoms with Crippen LogP contribution in [0.3, 0.4) is 0 Å². The van der Waals surface area contributed by atoms with Crippen molar-refractivity contribution in [2.45, 2.75) is 148 Å². The fourth-order valence-corrected chi connectivity index (χ4v) is 9.43. The zero-order valence-corrected chi connectivity index (χ0v) is 36.1. The number of aryl methyl sites for hydroxylation is 1. The van der Waals surface area contributed by atoms with E-state index in [0.29, 0.717) is 32.4 Å². The molecule has 16 heteroatoms. The second-order valence-corrected chi connectivity index (χ2v) is 17.3. The lowest BCUT2D eigenvalue weighted by Crippen LogP contribution is -2.60. The third kappa shape index (κ3) is 10.2. The van der Waals surface area contributed by atoms with Crippen molar-refractivity contribution < 1.29 is 48.0 Å². The largest absolute Gasteiger partial charge is 0.458 e. The first-order chi connectivity index (χ1) is 27.4. The number of Topliss-reactive ketones (excluding diaryl/α,β-unsaturated/α-hetero) is 2. The number of imidazole rings is 1. The second-order valence-electron chi connectivity index (χ2n) is 17.3. The minimum Gasteiger partial charge on any atom is -0.458 e. The maximum atomic E-state index is 14.7. The lowest BCUT2D eigenvalue weighted by atomic mass is 9.73. The van der Waals surface area contributed by atoms with Gasteiger partial charge in [0.2, 0.25) is 0 Å². The summed E-state index contributed by atoms with van der Waals surface area (Å²) in [6.45, 7) is 14.9. The lowest BCUT2D eigenvalue weighted by Gasteiger charge is -2.47. The molecule has 3 saturated heterocycles. The number of esters is 1. The van der Waals surface area contributed by atoms with Crippen LogP contribution in [-0.4, -0.2) is 146 Å². The molecule has 3 aliphatic heterocycles. The average Bonchev–Trinajstić information content (AvgIpc) is 3.78. The number of hydrogen-bond donors (Lipinski definition) is 1. The van der Waals surface area contributed by atoms with Crippen molar-refractivity contribution in [2.75, 3.05) is 27.7 Å². The first kappa shape index (κ1) is 48.1. The molecule has 13 atom stereocenters. The number of ketones is 2. The van der Waals surface area contributed by atoms with E-state index in [1.54, 1.807) is 51.3 Å². The summed E-state index contributed by atoms with van der Waals surface area (Å²) in [4.78, 5) is 69.0. The van der Waals surface area contributed by atoms with Gasteiger partial charge in [0, 0.05) is 68.1 Å². The number of pyridine rings is 1. The van der Waals surface area contributed by atoms with E-state index in [0.717, 1.165) is 11.3 Å². The van der Waals surface area contributed by atoms with Crippen LogP contribution in [0.15, 0.2) is 37.1 Å². The minimum atomic E-state index is -1.40. The normalized spacial score (nSPS) is 36.1. The summed E-state index contributed by atoms with van der Waals surface area (Å²) >= 11 is 0. The van der Waals surface area contributed by atoms with Crippen LogP contribution >= 0.6 is 0 Å². The molecule has 15 nitrogen and oxygen atoms in total. The number of rotatable bonds is 11. The van der Waals surface area contributed by atoms with Crippen LogP contribution in [0.1, 0.15) is 87.5 Å². The van der Waals surface area contributed by atoms with E-state index in [-0.39, 0.29) is 41.7 Å². The van der Waals surface area contributed by atoms with Crippen LogP contribution in [0.2, 0.25) is 0 Å². The van der Waals surface area contributed by atoms with E-state index < -0.39 is 83.4 Å². The summed E-state index contributed by atoms with van der Waals surface area (Å²) in [5, 5.41) is 11.4. The van der Waals surface area contributed by atoms with Gasteiger partial charge in [-0.1, -0.05) is 27.7 Å². The highest BCUT2D eigenvalue weighted by atomic mass is 28.1. The second kappa shape index (κ2) is 19.9. The van der Waals surface area contributed by atoms with E-state index in [4.69, 9.17) is 23.7 Å². The highest BCUT2D eigenvalue weighted by Crippen LogP contribution is 2.43. The van der Waals surface area contributed by atoms with Crippen molar-refractivity contribution in [1.29, 1.82) is 0 Å². The van der Waals surface area contributed by atoms with Crippen LogP contribution in [0.4, 0.5) is 4.79 Å². The Morgan fingerprint density at radius 3 is 2.34 bits per heavy atom. The molecule has 1 N–H and O–H groups in total. The van der Waals surface area contributed by atoms with Gasteiger partial charge >= 0.3 is 12.1 Å². The third-order valence-electron chi connectivity index (χ3n) is 12.8. The Morgan fingerprint density at radius 2 is 1.71 bits per heavy atom. The molecule has 0 spiro atoms. The maximum Gasteiger partial charge on any atom is 0.410 e. The van der Waals surface area contributed by atoms with Crippen molar-refractivity contribution in [3.8, 4) is 11.3 Å². The van der Waals surface area contributed by atoms with E-state index >= 15 is 0 Å². The number of ether oxygens (including phenoxy) is 5. The Kier molecular flexibility index (Phi) is 16.2. The number of fused-ring (bicyclic) bond motifs is 1. The summed E-state index contributed by atoms with van der Waals surface area (Å²) in [5.74, 6) is -4.95. The van der Waals surface area contributed by atoms with Gasteiger partial charge in [-0.2, -0.15) is 0 Å². The van der Waals surface area contributed by atoms with Crippen LogP contribution in [0.25, 0.3) is 11.3 Å². The smallest absolute Gasteiger partial charge is 0.410 e. The van der Waals surface area contributed by atoms with E-state index in [2.05, 4.69) is 9.97 Å². The summed E-state index contributed by atoms with van der Waals surface area (Å²) < 4.78 is 33.2. The topological polar surface area (TPSA) is 172 Å². The first-order valence-electron chi connectivity index (χ1n) is 20.8. The van der Waals surface area contributed by atoms with Gasteiger partial charge in [0.1, 0.15) is 23.9 Å². The number of methoxy groups -OCH3 is 1. The van der Waals surface area contributed by atoms with E-state index in [1.165, 1.54) is 14.0 Å². The fraction of sp³-hybridized carbons (Fsp3) is 0.721. The van der Waals surface area contributed by atoms with Gasteiger partial charge in [-0.25, -0.2) is 9.78 Å². The molecule has 3 aliphatic rings. The molecule has 3 fully saturated rings. The minimum absolute atomic E-state index is 0. The van der Waals surface area contributed by atoms with Crippen molar-refractivity contribution in [1.82, 2.24) is 24.3 Å². The summed E-state index contributed by atoms with van der Waals surface area (Å²) in [6, 6.07) is 2.74. The SMILES string of the molecule is CC[C@H]1OC(=O)[C@H](C)C(=O)[C@H](C)[C@@H](O[C@@H]2O[C@H](C)C[C@H](N(C)C)[C@H]2O)[C@](C)(OC)C[C@@H](C)C(=O)[C@H](C)[C@H]2N(CCCCn3cnc(-c4cccnc4)c3)C(=O)O[C@]12C.[SiH4]. The average molecular weight is 844 g/mol. The number of aliphatic hydroxyl groups excluding tert-OH is 1. The van der Waals surface area contributed by atoms with Gasteiger partial charge in [0.15, 0.2) is 17.7 Å². The zero-order chi connectivity index (χ0) is 42.7. The van der Waals surface area contributed by atoms with Crippen LogP contribution < -0.4 is 0 Å². The van der Waals surface area contributed by atoms with Crippen molar-refractivity contribution in [3.05, 3.63) is 37.1 Å². The molecule has 0 aliphatic carbocycles. The Hall–Kier alpha value is -3.54. The number of unbranched alkanes of at least 4 members (excludes halogenated alkanes) is 1. The van der Waals surface area contributed by atoms with Gasteiger partial charge in [-0.15, -0.1) is 0 Å². The predicted octanol–water partition coefficient (Wildman–Crippen LogP) is 3.48. The van der Waals surface area contributed by atoms with Crippen molar-refractivity contribution >= 4 is 34.6 Å². The molecule has 330 valence electrons. The number of aliphatic hydroxyl groups is 1. The van der Waals surface area contributed by atoms with Gasteiger partial charge in [-0.3, -0.25) is 19.4 Å². The molecular weight excluding hydrogens is 775 g/mol. The number of amides is 1. The molecule has 0 radical (unpaired) electrons. The molecule has 5 heterocycles. The Labute approximate surface area is 353 Å². The van der Waals surface area contributed by atoms with Crippen molar-refractivity contribution in [2.24, 2.45) is 23.7 Å². The molecule has 0 saturated carbocycles. The lowest BCUT2D eigenvalue weighted by molar-refractivity contribution is -0.295. The fourth-order valence-electron chi connectivity index (χ4n) is 9.43. The number of cyclic esters (lactones) is 1. The molecule has 0 bridgehead atoms. The summed E-state index contributed by atoms with van der Waals surface area (Å²) in [6.07, 6.45) is 4.45. The number of hydrogen-bond acceptors (Lipinski definition) is 13. The molecule has 5 rings (SSSR count). The number of carbonyl (C=O) groups is 4. The molecular formula is C43H69N5O10Si. The third-order valence-corrected chi connectivity index (χ3v) is 12.8. The number of carbonyl (C=O) groups excluding carboxylic acids is 4. The van der Waals surface area contributed by atoms with Crippen LogP contribution in [0.5, 0.6) is 0 Å². The Morgan fingerprint density at radius 1 is 1.02 bits per heavy atom. The number of aromatic nitrogens is 3. The first-order valence-corrected chi connectivity index (χ1v) is 20.8. The van der Waals surface area contributed by atoms with Crippen molar-refractivity contribution in [3.63, 3.8) is 0 Å². The van der Waals surface area contributed by atoms with Gasteiger partial charge < -0.3 is 43.2 Å². The highest BCUT2D eigenvalue weighted by molar-refractivity contribution is 6.00. The number of nitrogens with zero attached hydrogens (tertiary/aromatic N) is 5. The van der Waals surface area contributed by atoms with Crippen LogP contribution in [-0.2, 0) is 44.6 Å². The molecule has 2 aromatic heterocycles. The van der Waals surface area contributed by atoms with E-state index in [9.17, 15) is 24.3 Å². The summed E-state index contributed by atoms with van der Waals surface area (Å²) in [7, 11) is 5.24. The standard InChI is InChI=1S/C43H65N5O10.H4Si/c1-12-33-43(8)37(48(41(53)58-43)19-14-13-18-47-23-31(45-24-47)30-16-15-17-44-22-30)27(4)34(49)25(2)21-42(7,54-11)38(28(5)35(50)29(6)39(52)56-33)57-40-36(51)32(46(9)10)20-26(3)55-40;/h15-17,22-29,32-33,36-38,40,51H,12-14,18-21H2,1-11H3;1H4/t25-,26-,27+,28+,29-,32+,33-,36-,37-,38-,40+,42-,43-;/m1./s1. The molecule has 1 amide bonds. The number of likely N-dealkylation sites (N-methyl/N-ethyl adjacent to an activating group) is 1. The van der Waals surface area contributed by atoms with Gasteiger partial charge in [0.05, 0.1) is 35.9 Å². The Balaban J connectivity index is 0.00000769. The molecule has 2 aromatic rings. The Bertz CT molecular complexity index is 1750. The van der Waals surface area contributed by atoms with Gasteiger partial charge in [-0.05, 0) is 97.0 Å². The monoisotopic (exact) mass is 843 g/mol. The zero-order valence-electron chi connectivity index (χ0n) is 36.1. The molecule has 0 aromatic carbocycles. The maximum absolute atomic E-state index is 14.7. The van der Waals surface area contributed by atoms with E-state index in [1.807, 2.05) is 62.7 Å². The van der Waals surface area contributed by atoms with Gasteiger partial charge in [0.25, 0.3) is 0 Å². The van der Waals surface area contributed by atoms with Crippen LogP contribution in [0, 0.1) is 23.7 Å². The predicted molar refractivity (Wildman–Crippen MR) is 226 cm³/mol. The highest BCUT2D eigenvalue weighted by Gasteiger charge is 2.60. The summed E-state index contributed by atoms with van der Waals surface area (Å²) in [5.41, 5.74) is -0.938.